The summed E-state index contributed by atoms with van der Waals surface area (Å²) in [6.07, 6.45) is 0.777. The zero-order chi connectivity index (χ0) is 35.3. The molecule has 2 amide bonds. The number of carboxylic acids is 1. The number of fused-ring (bicyclic) bond motifs is 1. The maximum Gasteiger partial charge on any atom is 0.416 e. The molecule has 8 nitrogen and oxygen atoms in total. The van der Waals surface area contributed by atoms with Gasteiger partial charge in [-0.05, 0) is 90.4 Å². The van der Waals surface area contributed by atoms with Gasteiger partial charge in [0.1, 0.15) is 0 Å². The van der Waals surface area contributed by atoms with Crippen LogP contribution in [-0.4, -0.2) is 46.7 Å². The van der Waals surface area contributed by atoms with Crippen molar-refractivity contribution in [3.8, 4) is 11.3 Å². The molecule has 2 atom stereocenters. The number of anilines is 2. The smallest absolute Gasteiger partial charge is 0.416 e. The molecule has 2 heterocycles. The third-order valence-electron chi connectivity index (χ3n) is 9.27. The monoisotopic (exact) mass is 702 g/mol. The minimum absolute atomic E-state index is 0.0646. The molecule has 260 valence electrons. The van der Waals surface area contributed by atoms with Crippen LogP contribution in [0.25, 0.3) is 11.3 Å². The van der Waals surface area contributed by atoms with Crippen LogP contribution in [0.4, 0.5) is 24.5 Å². The van der Waals surface area contributed by atoms with E-state index in [4.69, 9.17) is 5.11 Å². The van der Waals surface area contributed by atoms with Crippen molar-refractivity contribution in [3.05, 3.63) is 113 Å². The number of nitrogens with one attached hydrogen (secondary N) is 2. The molecular formula is C38H37F3N4O4S. The Hall–Kier alpha value is -4.84. The van der Waals surface area contributed by atoms with Crippen LogP contribution in [0, 0.1) is 11.8 Å². The molecule has 1 aliphatic carbocycles. The second-order valence-electron chi connectivity index (χ2n) is 12.7. The molecule has 1 aliphatic heterocycles. The van der Waals surface area contributed by atoms with Crippen LogP contribution in [0.2, 0.25) is 0 Å². The molecule has 1 saturated heterocycles. The Morgan fingerprint density at radius 1 is 0.880 bits per heavy atom. The molecule has 0 spiro atoms. The van der Waals surface area contributed by atoms with Crippen molar-refractivity contribution in [2.75, 3.05) is 29.1 Å². The summed E-state index contributed by atoms with van der Waals surface area (Å²) in [4.78, 5) is 44.5. The molecule has 12 heteroatoms. The van der Waals surface area contributed by atoms with Crippen molar-refractivity contribution in [3.63, 3.8) is 0 Å². The van der Waals surface area contributed by atoms with Crippen molar-refractivity contribution >= 4 is 40.9 Å². The molecule has 50 heavy (non-hydrogen) atoms. The molecule has 2 aliphatic rings. The molecule has 0 radical (unpaired) electrons. The predicted octanol–water partition coefficient (Wildman–Crippen LogP) is 7.89. The fourth-order valence-electron chi connectivity index (χ4n) is 6.70. The van der Waals surface area contributed by atoms with Gasteiger partial charge in [-0.15, -0.1) is 0 Å². The lowest BCUT2D eigenvalue weighted by atomic mass is 10.0. The summed E-state index contributed by atoms with van der Waals surface area (Å²) in [5.74, 6) is 0.702. The average Bonchev–Trinajstić information content (AvgIpc) is 3.72. The van der Waals surface area contributed by atoms with Gasteiger partial charge in [0, 0.05) is 59.7 Å². The summed E-state index contributed by atoms with van der Waals surface area (Å²) in [7, 11) is 0. The van der Waals surface area contributed by atoms with Gasteiger partial charge in [-0.2, -0.15) is 24.9 Å². The van der Waals surface area contributed by atoms with E-state index in [2.05, 4.69) is 20.5 Å². The summed E-state index contributed by atoms with van der Waals surface area (Å²) in [5.41, 5.74) is 3.73. The Morgan fingerprint density at radius 2 is 1.62 bits per heavy atom. The average molecular weight is 703 g/mol. The second-order valence-corrected chi connectivity index (χ2v) is 13.9. The Balaban J connectivity index is 1.23. The summed E-state index contributed by atoms with van der Waals surface area (Å²) >= 11 is 1.48. The zero-order valence-corrected chi connectivity index (χ0v) is 28.0. The largest absolute Gasteiger partial charge is 0.481 e. The number of carbonyl (C=O) groups is 3. The van der Waals surface area contributed by atoms with E-state index in [1.54, 1.807) is 24.3 Å². The Labute approximate surface area is 292 Å². The number of aromatic nitrogens is 1. The summed E-state index contributed by atoms with van der Waals surface area (Å²) in [5, 5.41) is 14.6. The van der Waals surface area contributed by atoms with Gasteiger partial charge in [-0.3, -0.25) is 19.4 Å². The minimum Gasteiger partial charge on any atom is -0.481 e. The number of hydrogen-bond acceptors (Lipinski definition) is 6. The van der Waals surface area contributed by atoms with E-state index in [0.29, 0.717) is 51.4 Å². The first kappa shape index (κ1) is 35.0. The third-order valence-corrected chi connectivity index (χ3v) is 10.3. The van der Waals surface area contributed by atoms with Crippen molar-refractivity contribution in [1.82, 2.24) is 10.3 Å². The first-order valence-electron chi connectivity index (χ1n) is 16.5. The minimum atomic E-state index is -4.49. The molecular weight excluding hydrogens is 666 g/mol. The van der Waals surface area contributed by atoms with E-state index in [0.717, 1.165) is 36.5 Å². The SMILES string of the molecule is O=C(O)CCSCc1cccc(C(=O)Nc2ccc(N3CC4CCCC4C3)cc2-c2cc(C(=O)NCc3cccc(C(F)(F)F)c3)ccn2)c1. The van der Waals surface area contributed by atoms with Crippen molar-refractivity contribution in [2.45, 2.75) is 44.2 Å². The van der Waals surface area contributed by atoms with E-state index >= 15 is 0 Å². The van der Waals surface area contributed by atoms with Gasteiger partial charge in [0.15, 0.2) is 0 Å². The highest BCUT2D eigenvalue weighted by molar-refractivity contribution is 7.98. The lowest BCUT2D eigenvalue weighted by molar-refractivity contribution is -0.138. The molecule has 2 fully saturated rings. The highest BCUT2D eigenvalue weighted by atomic mass is 32.2. The van der Waals surface area contributed by atoms with Gasteiger partial charge in [0.2, 0.25) is 0 Å². The molecule has 1 saturated carbocycles. The number of halogens is 3. The van der Waals surface area contributed by atoms with Crippen LogP contribution < -0.4 is 15.5 Å². The maximum atomic E-state index is 13.6. The highest BCUT2D eigenvalue weighted by Gasteiger charge is 2.36. The number of benzene rings is 3. The van der Waals surface area contributed by atoms with Crippen molar-refractivity contribution in [2.24, 2.45) is 11.8 Å². The molecule has 3 N–H and O–H groups in total. The quantitative estimate of drug-likeness (QED) is 0.129. The Kier molecular flexibility index (Phi) is 10.8. The number of thioether (sulfide) groups is 1. The van der Waals surface area contributed by atoms with Gasteiger partial charge >= 0.3 is 12.1 Å². The van der Waals surface area contributed by atoms with Crippen LogP contribution in [-0.2, 0) is 23.3 Å². The van der Waals surface area contributed by atoms with E-state index in [1.165, 1.54) is 55.4 Å². The lowest BCUT2D eigenvalue weighted by Crippen LogP contribution is -2.23. The van der Waals surface area contributed by atoms with Crippen LogP contribution in [0.5, 0.6) is 0 Å². The van der Waals surface area contributed by atoms with E-state index in [-0.39, 0.29) is 24.4 Å². The number of carbonyl (C=O) groups excluding carboxylic acids is 2. The zero-order valence-electron chi connectivity index (χ0n) is 27.2. The van der Waals surface area contributed by atoms with E-state index in [1.807, 2.05) is 24.3 Å². The number of alkyl halides is 3. The Morgan fingerprint density at radius 3 is 2.38 bits per heavy atom. The lowest BCUT2D eigenvalue weighted by Gasteiger charge is -2.22. The third kappa shape index (κ3) is 8.65. The first-order valence-corrected chi connectivity index (χ1v) is 17.7. The first-order chi connectivity index (χ1) is 24.0. The van der Waals surface area contributed by atoms with Crippen LogP contribution in [0.1, 0.15) is 63.1 Å². The molecule has 1 aromatic heterocycles. The fraction of sp³-hybridized carbons (Fsp3) is 0.316. The summed E-state index contributed by atoms with van der Waals surface area (Å²) in [6.45, 7) is 1.82. The fourth-order valence-corrected chi connectivity index (χ4v) is 7.58. The van der Waals surface area contributed by atoms with Gasteiger partial charge in [-0.1, -0.05) is 30.7 Å². The molecule has 4 aromatic rings. The number of rotatable bonds is 12. The van der Waals surface area contributed by atoms with Crippen molar-refractivity contribution in [1.29, 1.82) is 0 Å². The van der Waals surface area contributed by atoms with Crippen molar-refractivity contribution < 1.29 is 32.7 Å². The van der Waals surface area contributed by atoms with E-state index in [9.17, 15) is 27.6 Å². The number of carboxylic acid groups (broad SMARTS) is 1. The number of nitrogens with zero attached hydrogens (tertiary/aromatic N) is 2. The van der Waals surface area contributed by atoms with Crippen LogP contribution in [0.3, 0.4) is 0 Å². The number of hydrogen-bond donors (Lipinski definition) is 3. The standard InChI is InChI=1S/C38H37F3N4O4S/c39-38(40,41)30-9-2-4-24(17-30)20-43-36(48)27-12-14-42-34(18-27)32-19-31(45-21-28-7-3-8-29(28)22-45)10-11-33(32)44-37(49)26-6-1-5-25(16-26)23-50-15-13-35(46)47/h1-2,4-6,9-12,14,16-19,28-29H,3,7-8,13,15,20-23H2,(H,43,48)(H,44,49)(H,46,47). The van der Waals surface area contributed by atoms with Gasteiger partial charge in [-0.25, -0.2) is 0 Å². The number of aliphatic carboxylic acids is 1. The molecule has 0 bridgehead atoms. The van der Waals surface area contributed by atoms with E-state index < -0.39 is 23.6 Å². The predicted molar refractivity (Wildman–Crippen MR) is 188 cm³/mol. The molecule has 6 rings (SSSR count). The second kappa shape index (κ2) is 15.4. The van der Waals surface area contributed by atoms with Crippen LogP contribution in [0.15, 0.2) is 85.1 Å². The summed E-state index contributed by atoms with van der Waals surface area (Å²) in [6, 6.07) is 21.0. The Bertz CT molecular complexity index is 1870. The summed E-state index contributed by atoms with van der Waals surface area (Å²) < 4.78 is 39.6. The molecule has 3 aromatic carbocycles. The van der Waals surface area contributed by atoms with Gasteiger partial charge < -0.3 is 20.6 Å². The highest BCUT2D eigenvalue weighted by Crippen LogP contribution is 2.41. The van der Waals surface area contributed by atoms with Gasteiger partial charge in [0.05, 0.1) is 23.4 Å². The van der Waals surface area contributed by atoms with Crippen LogP contribution >= 0.6 is 11.8 Å². The number of amides is 2. The molecule has 2 unspecified atom stereocenters. The van der Waals surface area contributed by atoms with Gasteiger partial charge in [0.25, 0.3) is 11.8 Å². The number of pyridine rings is 1. The maximum absolute atomic E-state index is 13.6. The normalized spacial score (nSPS) is 17.0. The topological polar surface area (TPSA) is 112 Å².